The summed E-state index contributed by atoms with van der Waals surface area (Å²) in [5.41, 5.74) is 0. The molecule has 144 valence electrons. The largest absolute Gasteiger partial charge is 0.353 e. The average Bonchev–Trinajstić information content (AvgIpc) is 2.81. The van der Waals surface area contributed by atoms with Gasteiger partial charge in [0.05, 0.1) is 0 Å². The van der Waals surface area contributed by atoms with Gasteiger partial charge in [-0.15, -0.1) is 0 Å². The summed E-state index contributed by atoms with van der Waals surface area (Å²) in [6.07, 6.45) is 9.54. The highest BCUT2D eigenvalue weighted by molar-refractivity contribution is 7.87. The van der Waals surface area contributed by atoms with Crippen LogP contribution in [0.5, 0.6) is 0 Å². The van der Waals surface area contributed by atoms with Gasteiger partial charge in [-0.1, -0.05) is 18.2 Å². The van der Waals surface area contributed by atoms with E-state index in [1.54, 1.807) is 85.7 Å². The number of hydrogen-bond acceptors (Lipinski definition) is 4. The van der Waals surface area contributed by atoms with Crippen LogP contribution in [0.25, 0.3) is 0 Å². The molecule has 0 aliphatic heterocycles. The van der Waals surface area contributed by atoms with Gasteiger partial charge in [0.1, 0.15) is 7.28 Å². The monoisotopic (exact) mass is 420 g/mol. The van der Waals surface area contributed by atoms with Gasteiger partial charge in [-0.3, -0.25) is 19.5 Å². The van der Waals surface area contributed by atoms with Crippen molar-refractivity contribution in [1.82, 2.24) is 15.0 Å². The first-order valence-corrected chi connectivity index (χ1v) is 12.2. The number of aromatic nitrogens is 3. The molecule has 0 saturated carbocycles. The molecule has 0 spiro atoms. The molecule has 1 aromatic carbocycles. The van der Waals surface area contributed by atoms with Crippen molar-refractivity contribution >= 4 is 35.8 Å². The van der Waals surface area contributed by atoms with Crippen molar-refractivity contribution in [3.63, 3.8) is 0 Å². The lowest BCUT2D eigenvalue weighted by molar-refractivity contribution is 0.587. The van der Waals surface area contributed by atoms with E-state index in [0.717, 1.165) is 0 Å². The first-order chi connectivity index (χ1) is 14.1. The molecule has 1 N–H and O–H groups in total. The van der Waals surface area contributed by atoms with Crippen molar-refractivity contribution in [1.29, 1.82) is 0 Å². The van der Waals surface area contributed by atoms with E-state index in [0.29, 0.717) is 21.2 Å². The van der Waals surface area contributed by atoms with Crippen LogP contribution in [0.2, 0.25) is 0 Å². The van der Waals surface area contributed by atoms with Crippen molar-refractivity contribution in [3.05, 3.63) is 104 Å². The van der Waals surface area contributed by atoms with Crippen LogP contribution < -0.4 is 21.2 Å². The molecule has 0 aliphatic carbocycles. The molecular formula is C21H18N4O2P2. The van der Waals surface area contributed by atoms with Gasteiger partial charge in [0, 0.05) is 58.4 Å². The van der Waals surface area contributed by atoms with E-state index in [9.17, 15) is 9.46 Å². The fourth-order valence-electron chi connectivity index (χ4n) is 2.97. The molecule has 1 unspecified atom stereocenters. The predicted octanol–water partition coefficient (Wildman–Crippen LogP) is 2.86. The Labute approximate surface area is 168 Å². The van der Waals surface area contributed by atoms with Crippen molar-refractivity contribution in [2.45, 2.75) is 0 Å². The maximum absolute atomic E-state index is 14.4. The highest BCUT2D eigenvalue weighted by Gasteiger charge is 2.33. The summed E-state index contributed by atoms with van der Waals surface area (Å²) in [6.45, 7) is 0. The standard InChI is InChI=1S/C21H18N4O2P2/c26-28(18-4-2-1-3-5-18,19-6-12-22-13-7-19)25-29(27,20-8-14-23-15-9-20)21-10-16-24-17-11-21/h1-17,27H. The van der Waals surface area contributed by atoms with E-state index in [2.05, 4.69) is 15.0 Å². The molecule has 8 heteroatoms. The Balaban J connectivity index is 2.06. The number of pyridine rings is 3. The summed E-state index contributed by atoms with van der Waals surface area (Å²) in [5.74, 6) is 0. The number of rotatable bonds is 5. The molecule has 0 radical (unpaired) electrons. The van der Waals surface area contributed by atoms with Gasteiger partial charge in [-0.25, -0.2) is 4.52 Å². The minimum Gasteiger partial charge on any atom is -0.353 e. The van der Waals surface area contributed by atoms with Gasteiger partial charge in [0.25, 0.3) is 0 Å². The SMILES string of the molecule is O=P(N=P(O)(c1ccncc1)c1ccncc1)(c1ccccc1)c1ccncc1. The average molecular weight is 420 g/mol. The third kappa shape index (κ3) is 3.83. The number of benzene rings is 1. The molecule has 4 aromatic rings. The summed E-state index contributed by atoms with van der Waals surface area (Å²) in [4.78, 5) is 24.0. The first kappa shape index (κ1) is 19.4. The fourth-order valence-corrected chi connectivity index (χ4v) is 8.89. The Morgan fingerprint density at radius 3 is 1.41 bits per heavy atom. The van der Waals surface area contributed by atoms with Crippen molar-refractivity contribution < 1.29 is 9.46 Å². The molecule has 4 rings (SSSR count). The molecule has 3 heterocycles. The molecule has 1 atom stereocenters. The van der Waals surface area contributed by atoms with Gasteiger partial charge in [0.2, 0.25) is 7.29 Å². The highest BCUT2D eigenvalue weighted by atomic mass is 31.2. The lowest BCUT2D eigenvalue weighted by atomic mass is 10.4. The molecule has 6 nitrogen and oxygen atoms in total. The van der Waals surface area contributed by atoms with Crippen LogP contribution in [-0.4, -0.2) is 19.8 Å². The maximum atomic E-state index is 14.4. The Morgan fingerprint density at radius 1 is 0.586 bits per heavy atom. The van der Waals surface area contributed by atoms with Crippen molar-refractivity contribution in [2.75, 3.05) is 0 Å². The molecule has 0 fully saturated rings. The second-order valence-electron chi connectivity index (χ2n) is 6.22. The lowest BCUT2D eigenvalue weighted by Gasteiger charge is -2.23. The van der Waals surface area contributed by atoms with Crippen LogP contribution in [-0.2, 0) is 4.57 Å². The summed E-state index contributed by atoms with van der Waals surface area (Å²) in [7, 11) is -6.90. The van der Waals surface area contributed by atoms with Crippen molar-refractivity contribution in [2.24, 2.45) is 4.52 Å². The van der Waals surface area contributed by atoms with Crippen molar-refractivity contribution in [3.8, 4) is 0 Å². The highest BCUT2D eigenvalue weighted by Crippen LogP contribution is 2.57. The quantitative estimate of drug-likeness (QED) is 0.502. The van der Waals surface area contributed by atoms with E-state index in [-0.39, 0.29) is 0 Å². The van der Waals surface area contributed by atoms with Gasteiger partial charge in [0.15, 0.2) is 0 Å². The lowest BCUT2D eigenvalue weighted by Crippen LogP contribution is -2.19. The van der Waals surface area contributed by atoms with E-state index < -0.39 is 14.6 Å². The second-order valence-corrected chi connectivity index (χ2v) is 11.4. The zero-order chi connectivity index (χ0) is 20.2. The van der Waals surface area contributed by atoms with E-state index in [1.165, 1.54) is 0 Å². The molecule has 3 aromatic heterocycles. The molecule has 0 bridgehead atoms. The molecular weight excluding hydrogens is 402 g/mol. The summed E-state index contributed by atoms with van der Waals surface area (Å²) in [6, 6.07) is 19.2. The van der Waals surface area contributed by atoms with E-state index >= 15 is 0 Å². The minimum absolute atomic E-state index is 0.514. The number of nitrogens with zero attached hydrogens (tertiary/aromatic N) is 4. The summed E-state index contributed by atoms with van der Waals surface area (Å²) in [5, 5.41) is 2.21. The zero-order valence-corrected chi connectivity index (χ0v) is 17.1. The van der Waals surface area contributed by atoms with E-state index in [4.69, 9.17) is 4.52 Å². The Bertz CT molecular complexity index is 1100. The second kappa shape index (κ2) is 8.22. The van der Waals surface area contributed by atoms with Crippen LogP contribution in [0.4, 0.5) is 0 Å². The third-order valence-electron chi connectivity index (χ3n) is 4.42. The topological polar surface area (TPSA) is 88.3 Å². The zero-order valence-electron chi connectivity index (χ0n) is 15.4. The van der Waals surface area contributed by atoms with Crippen LogP contribution in [0.1, 0.15) is 0 Å². The van der Waals surface area contributed by atoms with Crippen LogP contribution >= 0.6 is 14.6 Å². The molecule has 0 aliphatic rings. The van der Waals surface area contributed by atoms with Crippen LogP contribution in [0.15, 0.2) is 108 Å². The first-order valence-electron chi connectivity index (χ1n) is 8.87. The molecule has 0 saturated heterocycles. The van der Waals surface area contributed by atoms with Crippen LogP contribution in [0, 0.1) is 0 Å². The predicted molar refractivity (Wildman–Crippen MR) is 117 cm³/mol. The molecule has 0 amide bonds. The summed E-state index contributed by atoms with van der Waals surface area (Å²) >= 11 is 0. The van der Waals surface area contributed by atoms with Gasteiger partial charge in [-0.2, -0.15) is 0 Å². The normalized spacial score (nSPS) is 13.4. The smallest absolute Gasteiger partial charge is 0.248 e. The Morgan fingerprint density at radius 2 is 0.966 bits per heavy atom. The Kier molecular flexibility index (Phi) is 5.50. The summed E-state index contributed by atoms with van der Waals surface area (Å²) < 4.78 is 19.2. The Hall–Kier alpha value is -2.91. The van der Waals surface area contributed by atoms with Gasteiger partial charge in [-0.05, 0) is 48.5 Å². The third-order valence-corrected chi connectivity index (χ3v) is 10.5. The maximum Gasteiger partial charge on any atom is 0.248 e. The van der Waals surface area contributed by atoms with Gasteiger partial charge >= 0.3 is 0 Å². The van der Waals surface area contributed by atoms with Crippen LogP contribution in [0.3, 0.4) is 0 Å². The minimum atomic E-state index is -3.53. The molecule has 29 heavy (non-hydrogen) atoms. The van der Waals surface area contributed by atoms with E-state index in [1.807, 2.05) is 18.2 Å². The van der Waals surface area contributed by atoms with Gasteiger partial charge < -0.3 is 4.89 Å². The number of hydrogen-bond donors (Lipinski definition) is 1. The fraction of sp³-hybridized carbons (Fsp3) is 0.